The Bertz CT molecular complexity index is 1370. The zero-order valence-corrected chi connectivity index (χ0v) is 21.3. The lowest BCUT2D eigenvalue weighted by molar-refractivity contribution is 0.0829. The molecule has 0 spiro atoms. The van der Waals surface area contributed by atoms with Gasteiger partial charge in [0, 0.05) is 24.7 Å². The summed E-state index contributed by atoms with van der Waals surface area (Å²) in [6.45, 7) is 2.69. The van der Waals surface area contributed by atoms with E-state index in [1.165, 1.54) is 29.8 Å². The number of hydrogen-bond donors (Lipinski definition) is 3. The third kappa shape index (κ3) is 6.80. The molecule has 0 aliphatic carbocycles. The predicted octanol–water partition coefficient (Wildman–Crippen LogP) is 3.35. The average molecular weight is 529 g/mol. The first-order valence-electron chi connectivity index (χ1n) is 12.2. The van der Waals surface area contributed by atoms with Gasteiger partial charge in [-0.2, -0.15) is 0 Å². The molecule has 3 aromatic rings. The van der Waals surface area contributed by atoms with Gasteiger partial charge in [-0.15, -0.1) is 0 Å². The minimum atomic E-state index is -3.32. The van der Waals surface area contributed by atoms with Gasteiger partial charge in [0.15, 0.2) is 9.84 Å². The molecule has 1 amide bonds. The molecule has 0 aromatic heterocycles. The van der Waals surface area contributed by atoms with Gasteiger partial charge in [-0.05, 0) is 71.8 Å². The van der Waals surface area contributed by atoms with Crippen LogP contribution in [0.2, 0.25) is 0 Å². The van der Waals surface area contributed by atoms with E-state index in [0.29, 0.717) is 18.5 Å². The van der Waals surface area contributed by atoms with Gasteiger partial charge in [-0.25, -0.2) is 17.2 Å². The number of nitrogens with one attached hydrogen (secondary N) is 2. The summed E-state index contributed by atoms with van der Waals surface area (Å²) in [4.78, 5) is 13.3. The van der Waals surface area contributed by atoms with E-state index in [9.17, 15) is 27.1 Å². The normalized spacial score (nSPS) is 15.7. The van der Waals surface area contributed by atoms with E-state index in [4.69, 9.17) is 0 Å². The molecule has 9 heteroatoms. The smallest absolute Gasteiger partial charge is 0.251 e. The quantitative estimate of drug-likeness (QED) is 0.375. The second kappa shape index (κ2) is 11.5. The summed E-state index contributed by atoms with van der Waals surface area (Å²) in [7, 11) is -3.32. The third-order valence-corrected chi connectivity index (χ3v) is 8.35. The summed E-state index contributed by atoms with van der Waals surface area (Å²) in [6, 6.07) is 14.7. The Balaban J connectivity index is 1.48. The van der Waals surface area contributed by atoms with E-state index in [1.54, 1.807) is 6.07 Å². The van der Waals surface area contributed by atoms with Crippen molar-refractivity contribution in [1.29, 1.82) is 0 Å². The second-order valence-electron chi connectivity index (χ2n) is 9.32. The zero-order valence-electron chi connectivity index (χ0n) is 20.5. The highest BCUT2D eigenvalue weighted by molar-refractivity contribution is 7.91. The number of carbonyl (C=O) groups excluding carboxylic acids is 1. The van der Waals surface area contributed by atoms with Crippen molar-refractivity contribution in [1.82, 2.24) is 10.6 Å². The van der Waals surface area contributed by atoms with Gasteiger partial charge in [-0.3, -0.25) is 4.79 Å². The molecule has 1 aliphatic rings. The number of aliphatic hydroxyl groups excluding tert-OH is 1. The van der Waals surface area contributed by atoms with Gasteiger partial charge < -0.3 is 15.7 Å². The molecule has 0 saturated carbocycles. The van der Waals surface area contributed by atoms with Crippen molar-refractivity contribution >= 4 is 15.7 Å². The molecule has 0 fully saturated rings. The molecule has 3 aromatic carbocycles. The van der Waals surface area contributed by atoms with Gasteiger partial charge in [0.1, 0.15) is 11.6 Å². The largest absolute Gasteiger partial charge is 0.390 e. The van der Waals surface area contributed by atoms with Crippen LogP contribution >= 0.6 is 0 Å². The summed E-state index contributed by atoms with van der Waals surface area (Å²) in [5, 5.41) is 16.9. The zero-order chi connectivity index (χ0) is 26.6. The van der Waals surface area contributed by atoms with Gasteiger partial charge in [0.2, 0.25) is 0 Å². The van der Waals surface area contributed by atoms with Crippen LogP contribution in [0.3, 0.4) is 0 Å². The first kappa shape index (κ1) is 26.9. The van der Waals surface area contributed by atoms with Gasteiger partial charge in [-0.1, -0.05) is 31.2 Å². The van der Waals surface area contributed by atoms with E-state index in [1.807, 2.05) is 18.2 Å². The number of rotatable bonds is 10. The Morgan fingerprint density at radius 3 is 2.46 bits per heavy atom. The molecule has 0 saturated heterocycles. The van der Waals surface area contributed by atoms with E-state index in [2.05, 4.69) is 23.6 Å². The van der Waals surface area contributed by atoms with Crippen molar-refractivity contribution < 1.29 is 27.1 Å². The number of hydrogen-bond acceptors (Lipinski definition) is 5. The van der Waals surface area contributed by atoms with Crippen molar-refractivity contribution in [2.24, 2.45) is 0 Å². The van der Waals surface area contributed by atoms with Crippen molar-refractivity contribution in [2.75, 3.05) is 12.3 Å². The molecule has 2 atom stereocenters. The molecule has 0 bridgehead atoms. The lowest BCUT2D eigenvalue weighted by Gasteiger charge is -2.25. The lowest BCUT2D eigenvalue weighted by atomic mass is 9.99. The molecular weight excluding hydrogens is 498 g/mol. The summed E-state index contributed by atoms with van der Waals surface area (Å²) >= 11 is 0. The third-order valence-electron chi connectivity index (χ3n) is 6.54. The van der Waals surface area contributed by atoms with Gasteiger partial charge in [0.05, 0.1) is 22.8 Å². The minimum absolute atomic E-state index is 0.00605. The van der Waals surface area contributed by atoms with Crippen molar-refractivity contribution in [2.45, 2.75) is 49.8 Å². The number of halogens is 2. The monoisotopic (exact) mass is 528 g/mol. The number of amides is 1. The molecule has 6 nitrogen and oxygen atoms in total. The molecule has 3 N–H and O–H groups in total. The molecule has 1 heterocycles. The molecule has 1 aliphatic heterocycles. The van der Waals surface area contributed by atoms with Gasteiger partial charge >= 0.3 is 0 Å². The maximum absolute atomic E-state index is 13.8. The molecule has 0 unspecified atom stereocenters. The van der Waals surface area contributed by atoms with Crippen LogP contribution in [0.1, 0.15) is 39.5 Å². The van der Waals surface area contributed by atoms with E-state index < -0.39 is 39.5 Å². The van der Waals surface area contributed by atoms with Crippen LogP contribution in [0.5, 0.6) is 0 Å². The summed E-state index contributed by atoms with van der Waals surface area (Å²) in [6.07, 6.45) is 0.160. The SMILES string of the molecule is CCc1cccc(CNC[C@H](O)[C@H](Cc2cc(F)cc(F)c2)NC(=O)c2ccc3c(c2)CCS3(=O)=O)c1. The highest BCUT2D eigenvalue weighted by Crippen LogP contribution is 2.26. The lowest BCUT2D eigenvalue weighted by Crippen LogP contribution is -2.48. The molecule has 0 radical (unpaired) electrons. The first-order valence-corrected chi connectivity index (χ1v) is 13.9. The van der Waals surface area contributed by atoms with Gasteiger partial charge in [0.25, 0.3) is 5.91 Å². The highest BCUT2D eigenvalue weighted by atomic mass is 32.2. The predicted molar refractivity (Wildman–Crippen MR) is 137 cm³/mol. The van der Waals surface area contributed by atoms with Crippen LogP contribution in [-0.4, -0.2) is 43.9 Å². The van der Waals surface area contributed by atoms with Crippen molar-refractivity contribution in [3.05, 3.63) is 100 Å². The molecular formula is C28H30F2N2O4S. The van der Waals surface area contributed by atoms with Crippen LogP contribution in [0, 0.1) is 11.6 Å². The molecule has 196 valence electrons. The Hall–Kier alpha value is -3.14. The molecule has 37 heavy (non-hydrogen) atoms. The summed E-state index contributed by atoms with van der Waals surface area (Å²) < 4.78 is 51.8. The Kier molecular flexibility index (Phi) is 8.36. The van der Waals surface area contributed by atoms with E-state index in [0.717, 1.165) is 18.1 Å². The number of benzene rings is 3. The fraction of sp³-hybridized carbons (Fsp3) is 0.321. The Labute approximate surface area is 215 Å². The Morgan fingerprint density at radius 1 is 1.00 bits per heavy atom. The first-order chi connectivity index (χ1) is 17.6. The van der Waals surface area contributed by atoms with Crippen LogP contribution in [0.4, 0.5) is 8.78 Å². The maximum atomic E-state index is 13.8. The number of sulfone groups is 1. The fourth-order valence-corrected chi connectivity index (χ4v) is 6.10. The standard InChI is InChI=1S/C28H30F2N2O4S/c1-2-18-4-3-5-19(10-18)16-31-17-26(33)25(13-20-11-23(29)15-24(30)12-20)32-28(34)22-6-7-27-21(14-22)8-9-37(27,35)36/h3-7,10-12,14-15,25-26,31,33H,2,8-9,13,16-17H2,1H3,(H,32,34)/t25-,26-/m0/s1. The van der Waals surface area contributed by atoms with Crippen LogP contribution in [-0.2, 0) is 35.6 Å². The van der Waals surface area contributed by atoms with E-state index in [-0.39, 0.29) is 34.7 Å². The summed E-state index contributed by atoms with van der Waals surface area (Å²) in [5.41, 5.74) is 3.36. The minimum Gasteiger partial charge on any atom is -0.390 e. The second-order valence-corrected chi connectivity index (χ2v) is 11.4. The number of aliphatic hydroxyl groups is 1. The fourth-order valence-electron chi connectivity index (χ4n) is 4.56. The number of aryl methyl sites for hydroxylation is 2. The summed E-state index contributed by atoms with van der Waals surface area (Å²) in [5.74, 6) is -2.00. The van der Waals surface area contributed by atoms with Crippen LogP contribution in [0.15, 0.2) is 65.6 Å². The molecule has 4 rings (SSSR count). The number of fused-ring (bicyclic) bond motifs is 1. The van der Waals surface area contributed by atoms with Crippen molar-refractivity contribution in [3.8, 4) is 0 Å². The number of carbonyl (C=O) groups is 1. The average Bonchev–Trinajstić information content (AvgIpc) is 3.16. The van der Waals surface area contributed by atoms with Crippen LogP contribution < -0.4 is 10.6 Å². The maximum Gasteiger partial charge on any atom is 0.251 e. The highest BCUT2D eigenvalue weighted by Gasteiger charge is 2.28. The topological polar surface area (TPSA) is 95.5 Å². The van der Waals surface area contributed by atoms with Crippen LogP contribution in [0.25, 0.3) is 0 Å². The Morgan fingerprint density at radius 2 is 1.73 bits per heavy atom. The van der Waals surface area contributed by atoms with E-state index >= 15 is 0 Å². The van der Waals surface area contributed by atoms with Crippen molar-refractivity contribution in [3.63, 3.8) is 0 Å².